The van der Waals surface area contributed by atoms with Crippen molar-refractivity contribution < 1.29 is 4.79 Å². The van der Waals surface area contributed by atoms with Gasteiger partial charge in [0.1, 0.15) is 5.78 Å². The zero-order valence-electron chi connectivity index (χ0n) is 7.50. The van der Waals surface area contributed by atoms with Gasteiger partial charge in [-0.05, 0) is 26.1 Å². The van der Waals surface area contributed by atoms with Crippen LogP contribution in [-0.4, -0.2) is 29.3 Å². The Labute approximate surface area is 72.4 Å². The number of aromatic nitrogens is 1. The van der Waals surface area contributed by atoms with E-state index in [1.54, 1.807) is 6.92 Å². The van der Waals surface area contributed by atoms with Crippen molar-refractivity contribution >= 4 is 5.78 Å². The minimum Gasteiger partial charge on any atom is -0.364 e. The molecule has 0 aromatic carbocycles. The highest BCUT2D eigenvalue weighted by Crippen LogP contribution is 1.98. The zero-order valence-corrected chi connectivity index (χ0v) is 7.50. The fourth-order valence-corrected chi connectivity index (χ4v) is 1.19. The van der Waals surface area contributed by atoms with E-state index in [1.807, 2.05) is 30.3 Å². The standard InChI is InChI=1S/C9H14N2O/c1-8(12)6-11(2)7-9-4-3-5-10-9/h3-5,10H,6-7H2,1-2H3. The van der Waals surface area contributed by atoms with Crippen molar-refractivity contribution in [3.8, 4) is 0 Å². The van der Waals surface area contributed by atoms with Crippen LogP contribution in [0.1, 0.15) is 12.6 Å². The Kier molecular flexibility index (Phi) is 3.05. The average molecular weight is 166 g/mol. The second-order valence-electron chi connectivity index (χ2n) is 3.07. The molecule has 0 aliphatic carbocycles. The molecule has 0 radical (unpaired) electrons. The molecule has 0 bridgehead atoms. The van der Waals surface area contributed by atoms with E-state index < -0.39 is 0 Å². The summed E-state index contributed by atoms with van der Waals surface area (Å²) >= 11 is 0. The minimum atomic E-state index is 0.198. The Morgan fingerprint density at radius 2 is 2.42 bits per heavy atom. The van der Waals surface area contributed by atoms with Gasteiger partial charge in [-0.2, -0.15) is 0 Å². The molecule has 12 heavy (non-hydrogen) atoms. The van der Waals surface area contributed by atoms with Crippen molar-refractivity contribution in [3.63, 3.8) is 0 Å². The fraction of sp³-hybridized carbons (Fsp3) is 0.444. The lowest BCUT2D eigenvalue weighted by atomic mass is 10.3. The maximum atomic E-state index is 10.7. The molecule has 0 fully saturated rings. The quantitative estimate of drug-likeness (QED) is 0.725. The van der Waals surface area contributed by atoms with Crippen LogP contribution in [0.25, 0.3) is 0 Å². The molecule has 66 valence electrons. The summed E-state index contributed by atoms with van der Waals surface area (Å²) in [5, 5.41) is 0. The first-order chi connectivity index (χ1) is 5.68. The second kappa shape index (κ2) is 4.07. The highest BCUT2D eigenvalue weighted by atomic mass is 16.1. The fourth-order valence-electron chi connectivity index (χ4n) is 1.19. The molecule has 3 nitrogen and oxygen atoms in total. The van der Waals surface area contributed by atoms with Crippen molar-refractivity contribution in [1.82, 2.24) is 9.88 Å². The van der Waals surface area contributed by atoms with Crippen molar-refractivity contribution in [2.45, 2.75) is 13.5 Å². The predicted octanol–water partition coefficient (Wildman–Crippen LogP) is 1.04. The summed E-state index contributed by atoms with van der Waals surface area (Å²) in [5.41, 5.74) is 1.14. The van der Waals surface area contributed by atoms with Gasteiger partial charge in [-0.25, -0.2) is 0 Å². The van der Waals surface area contributed by atoms with E-state index in [-0.39, 0.29) is 5.78 Å². The highest BCUT2D eigenvalue weighted by Gasteiger charge is 2.02. The number of Topliss-reactive ketones (excluding diaryl/α,β-unsaturated/α-hetero) is 1. The van der Waals surface area contributed by atoms with Crippen molar-refractivity contribution in [2.24, 2.45) is 0 Å². The van der Waals surface area contributed by atoms with Crippen molar-refractivity contribution in [1.29, 1.82) is 0 Å². The Morgan fingerprint density at radius 3 is 2.92 bits per heavy atom. The molecule has 1 aromatic heterocycles. The topological polar surface area (TPSA) is 36.1 Å². The summed E-state index contributed by atoms with van der Waals surface area (Å²) in [6.45, 7) is 2.91. The molecule has 0 saturated heterocycles. The number of hydrogen-bond donors (Lipinski definition) is 1. The maximum Gasteiger partial charge on any atom is 0.143 e. The smallest absolute Gasteiger partial charge is 0.143 e. The Balaban J connectivity index is 2.36. The van der Waals surface area contributed by atoms with Crippen LogP contribution in [0.3, 0.4) is 0 Å². The van der Waals surface area contributed by atoms with Gasteiger partial charge in [-0.15, -0.1) is 0 Å². The molecule has 1 rings (SSSR count). The summed E-state index contributed by atoms with van der Waals surface area (Å²) in [6, 6.07) is 3.97. The van der Waals surface area contributed by atoms with E-state index in [0.29, 0.717) is 6.54 Å². The summed E-state index contributed by atoms with van der Waals surface area (Å²) in [6.07, 6.45) is 1.89. The van der Waals surface area contributed by atoms with Crippen LogP contribution in [0.5, 0.6) is 0 Å². The number of rotatable bonds is 4. The normalized spacial score (nSPS) is 10.6. The molecule has 3 heteroatoms. The highest BCUT2D eigenvalue weighted by molar-refractivity contribution is 5.77. The Bertz CT molecular complexity index is 241. The lowest BCUT2D eigenvalue weighted by Gasteiger charge is -2.12. The van der Waals surface area contributed by atoms with Gasteiger partial charge in [0.05, 0.1) is 6.54 Å². The molecule has 0 saturated carbocycles. The van der Waals surface area contributed by atoms with E-state index in [4.69, 9.17) is 0 Å². The molecular formula is C9H14N2O. The number of carbonyl (C=O) groups is 1. The molecule has 1 aromatic rings. The molecule has 0 aliphatic rings. The number of H-pyrrole nitrogens is 1. The maximum absolute atomic E-state index is 10.7. The number of hydrogen-bond acceptors (Lipinski definition) is 2. The van der Waals surface area contributed by atoms with E-state index in [1.165, 1.54) is 0 Å². The number of likely N-dealkylation sites (N-methyl/N-ethyl adjacent to an activating group) is 1. The summed E-state index contributed by atoms with van der Waals surface area (Å²) < 4.78 is 0. The van der Waals surface area contributed by atoms with Crippen LogP contribution in [0.4, 0.5) is 0 Å². The van der Waals surface area contributed by atoms with E-state index in [9.17, 15) is 4.79 Å². The van der Waals surface area contributed by atoms with E-state index >= 15 is 0 Å². The van der Waals surface area contributed by atoms with Gasteiger partial charge in [0, 0.05) is 18.4 Å². The third-order valence-electron chi connectivity index (χ3n) is 1.60. The molecule has 0 atom stereocenters. The minimum absolute atomic E-state index is 0.198. The van der Waals surface area contributed by atoms with Gasteiger partial charge in [0.25, 0.3) is 0 Å². The van der Waals surface area contributed by atoms with Crippen LogP contribution in [0.2, 0.25) is 0 Å². The number of aromatic amines is 1. The van der Waals surface area contributed by atoms with Gasteiger partial charge >= 0.3 is 0 Å². The third kappa shape index (κ3) is 2.88. The number of nitrogens with zero attached hydrogens (tertiary/aromatic N) is 1. The predicted molar refractivity (Wildman–Crippen MR) is 47.8 cm³/mol. The third-order valence-corrected chi connectivity index (χ3v) is 1.60. The first-order valence-electron chi connectivity index (χ1n) is 3.98. The summed E-state index contributed by atoms with van der Waals surface area (Å²) in [5.74, 6) is 0.198. The van der Waals surface area contributed by atoms with Crippen LogP contribution in [-0.2, 0) is 11.3 Å². The lowest BCUT2D eigenvalue weighted by molar-refractivity contribution is -0.117. The first kappa shape index (κ1) is 9.00. The molecule has 0 unspecified atom stereocenters. The Morgan fingerprint density at radius 1 is 1.67 bits per heavy atom. The lowest BCUT2D eigenvalue weighted by Crippen LogP contribution is -2.23. The molecule has 1 heterocycles. The SMILES string of the molecule is CC(=O)CN(C)Cc1ccc[nH]1. The first-order valence-corrected chi connectivity index (χ1v) is 3.98. The molecule has 1 N–H and O–H groups in total. The van der Waals surface area contributed by atoms with Crippen LogP contribution >= 0.6 is 0 Å². The van der Waals surface area contributed by atoms with Crippen LogP contribution < -0.4 is 0 Å². The van der Waals surface area contributed by atoms with Gasteiger partial charge in [-0.1, -0.05) is 0 Å². The zero-order chi connectivity index (χ0) is 8.97. The molecule has 0 amide bonds. The van der Waals surface area contributed by atoms with Gasteiger partial charge in [0.2, 0.25) is 0 Å². The number of ketones is 1. The van der Waals surface area contributed by atoms with Gasteiger partial charge in [-0.3, -0.25) is 9.69 Å². The number of nitrogens with one attached hydrogen (secondary N) is 1. The van der Waals surface area contributed by atoms with Crippen LogP contribution in [0, 0.1) is 0 Å². The molecule has 0 spiro atoms. The number of carbonyl (C=O) groups excluding carboxylic acids is 1. The van der Waals surface area contributed by atoms with E-state index in [0.717, 1.165) is 12.2 Å². The van der Waals surface area contributed by atoms with Gasteiger partial charge < -0.3 is 4.98 Å². The van der Waals surface area contributed by atoms with Crippen molar-refractivity contribution in [2.75, 3.05) is 13.6 Å². The largest absolute Gasteiger partial charge is 0.364 e. The van der Waals surface area contributed by atoms with Crippen molar-refractivity contribution in [3.05, 3.63) is 24.0 Å². The Hall–Kier alpha value is -1.09. The summed E-state index contributed by atoms with van der Waals surface area (Å²) in [7, 11) is 1.93. The molecule has 0 aliphatic heterocycles. The monoisotopic (exact) mass is 166 g/mol. The molecular weight excluding hydrogens is 152 g/mol. The van der Waals surface area contributed by atoms with Crippen LogP contribution in [0.15, 0.2) is 18.3 Å². The average Bonchev–Trinajstić information content (AvgIpc) is 2.37. The van der Waals surface area contributed by atoms with E-state index in [2.05, 4.69) is 4.98 Å². The second-order valence-corrected chi connectivity index (χ2v) is 3.07. The van der Waals surface area contributed by atoms with Gasteiger partial charge in [0.15, 0.2) is 0 Å². The summed E-state index contributed by atoms with van der Waals surface area (Å²) in [4.78, 5) is 15.8.